The molecule has 0 bridgehead atoms. The Labute approximate surface area is 208 Å². The number of nitrogens with zero attached hydrogens (tertiary/aromatic N) is 3. The Bertz CT molecular complexity index is 1430. The summed E-state index contributed by atoms with van der Waals surface area (Å²) in [6, 6.07) is 14.4. The minimum absolute atomic E-state index is 0.0727. The van der Waals surface area contributed by atoms with Crippen LogP contribution >= 0.6 is 11.8 Å². The molecule has 1 fully saturated rings. The first-order valence-electron chi connectivity index (χ1n) is 10.8. The number of imide groups is 1. The van der Waals surface area contributed by atoms with Crippen LogP contribution in [0.15, 0.2) is 65.7 Å². The lowest BCUT2D eigenvalue weighted by molar-refractivity contribution is -0.384. The second kappa shape index (κ2) is 9.58. The van der Waals surface area contributed by atoms with Gasteiger partial charge in [0, 0.05) is 35.8 Å². The second-order valence-electron chi connectivity index (χ2n) is 7.75. The summed E-state index contributed by atoms with van der Waals surface area (Å²) in [5.41, 5.74) is 1.44. The van der Waals surface area contributed by atoms with Gasteiger partial charge in [0.05, 0.1) is 15.5 Å². The molecule has 2 aromatic carbocycles. The molecule has 0 radical (unpaired) electrons. The maximum atomic E-state index is 12.9. The fourth-order valence-corrected chi connectivity index (χ4v) is 4.56. The van der Waals surface area contributed by atoms with Crippen molar-refractivity contribution in [2.75, 3.05) is 25.1 Å². The number of hydrogen-bond donors (Lipinski definition) is 1. The lowest BCUT2D eigenvalue weighted by Gasteiger charge is -2.19. The van der Waals surface area contributed by atoms with Crippen molar-refractivity contribution in [3.8, 4) is 17.2 Å². The number of nitrogens with one attached hydrogen (secondary N) is 1. The fourth-order valence-electron chi connectivity index (χ4n) is 3.74. The molecule has 36 heavy (non-hydrogen) atoms. The summed E-state index contributed by atoms with van der Waals surface area (Å²) in [5, 5.41) is 13.2. The zero-order chi connectivity index (χ0) is 25.2. The van der Waals surface area contributed by atoms with Crippen LogP contribution < -0.4 is 14.8 Å². The van der Waals surface area contributed by atoms with Crippen LogP contribution in [0.1, 0.15) is 5.69 Å². The minimum atomic E-state index is -0.603. The number of anilines is 1. The smallest absolute Gasteiger partial charge is 0.294 e. The summed E-state index contributed by atoms with van der Waals surface area (Å²) >= 11 is 0.719. The molecule has 3 aromatic rings. The summed E-state index contributed by atoms with van der Waals surface area (Å²) in [6.45, 7) is 0.391. The van der Waals surface area contributed by atoms with Gasteiger partial charge in [0.1, 0.15) is 19.8 Å². The number of non-ortho nitro benzene ring substituents is 1. The van der Waals surface area contributed by atoms with Gasteiger partial charge in [0.2, 0.25) is 5.91 Å². The fraction of sp³-hybridized carbons (Fsp3) is 0.125. The van der Waals surface area contributed by atoms with Crippen LogP contribution in [0.25, 0.3) is 11.8 Å². The van der Waals surface area contributed by atoms with Gasteiger partial charge in [-0.3, -0.25) is 29.4 Å². The van der Waals surface area contributed by atoms with Gasteiger partial charge in [-0.1, -0.05) is 6.07 Å². The highest BCUT2D eigenvalue weighted by Crippen LogP contribution is 2.34. The molecule has 11 nitrogen and oxygen atoms in total. The van der Waals surface area contributed by atoms with Crippen LogP contribution in [-0.4, -0.2) is 51.2 Å². The van der Waals surface area contributed by atoms with Gasteiger partial charge >= 0.3 is 0 Å². The molecule has 12 heteroatoms. The van der Waals surface area contributed by atoms with Gasteiger partial charge < -0.3 is 19.4 Å². The van der Waals surface area contributed by atoms with E-state index in [1.165, 1.54) is 18.2 Å². The number of rotatable bonds is 6. The van der Waals surface area contributed by atoms with Crippen molar-refractivity contribution in [1.29, 1.82) is 0 Å². The number of carbonyl (C=O) groups is 3. The van der Waals surface area contributed by atoms with E-state index < -0.39 is 28.5 Å². The highest BCUT2D eigenvalue weighted by molar-refractivity contribution is 8.18. The topological polar surface area (TPSA) is 133 Å². The normalized spacial score (nSPS) is 15.9. The highest BCUT2D eigenvalue weighted by atomic mass is 32.2. The van der Waals surface area contributed by atoms with E-state index in [2.05, 4.69) is 5.32 Å². The van der Waals surface area contributed by atoms with Crippen molar-refractivity contribution in [2.24, 2.45) is 0 Å². The Hall–Kier alpha value is -4.58. The third-order valence-electron chi connectivity index (χ3n) is 5.38. The lowest BCUT2D eigenvalue weighted by Crippen LogP contribution is -2.36. The number of thioether (sulfide) groups is 1. The number of amides is 3. The number of hydrogen-bond acceptors (Lipinski definition) is 8. The molecule has 2 aliphatic rings. The van der Waals surface area contributed by atoms with E-state index in [0.29, 0.717) is 41.8 Å². The molecule has 5 rings (SSSR count). The highest BCUT2D eigenvalue weighted by Gasteiger charge is 2.36. The van der Waals surface area contributed by atoms with Crippen molar-refractivity contribution in [3.63, 3.8) is 0 Å². The maximum absolute atomic E-state index is 12.9. The summed E-state index contributed by atoms with van der Waals surface area (Å²) in [5.74, 6) is -0.0746. The molecule has 1 aromatic heterocycles. The van der Waals surface area contributed by atoms with Crippen LogP contribution in [0.4, 0.5) is 16.2 Å². The first-order chi connectivity index (χ1) is 17.4. The predicted octanol–water partition coefficient (Wildman–Crippen LogP) is 3.83. The average molecular weight is 506 g/mol. The molecular weight excluding hydrogens is 488 g/mol. The van der Waals surface area contributed by atoms with E-state index in [1.54, 1.807) is 53.2 Å². The Morgan fingerprint density at radius 3 is 2.69 bits per heavy atom. The number of fused-ring (bicyclic) bond motifs is 1. The predicted molar refractivity (Wildman–Crippen MR) is 131 cm³/mol. The third-order valence-corrected chi connectivity index (χ3v) is 6.29. The monoisotopic (exact) mass is 506 g/mol. The van der Waals surface area contributed by atoms with E-state index in [4.69, 9.17) is 9.47 Å². The average Bonchev–Trinajstić information content (AvgIpc) is 3.44. The van der Waals surface area contributed by atoms with Crippen LogP contribution in [0.3, 0.4) is 0 Å². The van der Waals surface area contributed by atoms with Crippen LogP contribution in [0, 0.1) is 10.1 Å². The summed E-state index contributed by atoms with van der Waals surface area (Å²) in [7, 11) is 0. The number of carbonyl (C=O) groups excluding carboxylic acids is 3. The van der Waals surface area contributed by atoms with Gasteiger partial charge in [0.15, 0.2) is 11.5 Å². The SMILES string of the molecule is O=C(CN1C(=O)S/C(=C\c2cccn2-c2cccc([N+](=O)[O-])c2)C1=O)Nc1ccc2c(c1)OCCO2. The van der Waals surface area contributed by atoms with Gasteiger partial charge in [-0.15, -0.1) is 0 Å². The molecule has 0 aliphatic carbocycles. The first kappa shape index (κ1) is 23.2. The lowest BCUT2D eigenvalue weighted by atomic mass is 10.2. The minimum Gasteiger partial charge on any atom is -0.486 e. The second-order valence-corrected chi connectivity index (χ2v) is 8.75. The number of benzene rings is 2. The van der Waals surface area contributed by atoms with E-state index in [-0.39, 0.29) is 10.6 Å². The summed E-state index contributed by atoms with van der Waals surface area (Å²) in [4.78, 5) is 49.6. The molecule has 1 saturated heterocycles. The van der Waals surface area contributed by atoms with Crippen molar-refractivity contribution < 1.29 is 28.8 Å². The van der Waals surface area contributed by atoms with Gasteiger partial charge in [-0.05, 0) is 48.2 Å². The summed E-state index contributed by atoms with van der Waals surface area (Å²) in [6.07, 6.45) is 3.21. The molecule has 3 heterocycles. The van der Waals surface area contributed by atoms with E-state index >= 15 is 0 Å². The zero-order valence-electron chi connectivity index (χ0n) is 18.6. The Balaban J connectivity index is 1.30. The molecule has 1 N–H and O–H groups in total. The van der Waals surface area contributed by atoms with Gasteiger partial charge in [0.25, 0.3) is 16.8 Å². The number of ether oxygens (including phenoxy) is 2. The molecule has 0 unspecified atom stereocenters. The van der Waals surface area contributed by atoms with Crippen molar-refractivity contribution in [2.45, 2.75) is 0 Å². The van der Waals surface area contributed by atoms with Crippen molar-refractivity contribution in [1.82, 2.24) is 9.47 Å². The van der Waals surface area contributed by atoms with Crippen LogP contribution in [0.2, 0.25) is 0 Å². The molecule has 0 saturated carbocycles. The van der Waals surface area contributed by atoms with Crippen molar-refractivity contribution in [3.05, 3.63) is 81.5 Å². The van der Waals surface area contributed by atoms with Gasteiger partial charge in [-0.25, -0.2) is 0 Å². The number of nitro groups is 1. The molecule has 2 aliphatic heterocycles. The quantitative estimate of drug-likeness (QED) is 0.303. The number of nitro benzene ring substituents is 1. The molecule has 182 valence electrons. The third kappa shape index (κ3) is 4.66. The van der Waals surface area contributed by atoms with Crippen molar-refractivity contribution >= 4 is 46.3 Å². The Morgan fingerprint density at radius 1 is 1.08 bits per heavy atom. The van der Waals surface area contributed by atoms with E-state index in [1.807, 2.05) is 0 Å². The maximum Gasteiger partial charge on any atom is 0.294 e. The molecular formula is C24H18N4O7S. The van der Waals surface area contributed by atoms with Crippen LogP contribution in [-0.2, 0) is 9.59 Å². The Kier molecular flexibility index (Phi) is 6.17. The largest absolute Gasteiger partial charge is 0.486 e. The van der Waals surface area contributed by atoms with Crippen LogP contribution in [0.5, 0.6) is 11.5 Å². The van der Waals surface area contributed by atoms with E-state index in [0.717, 1.165) is 16.7 Å². The summed E-state index contributed by atoms with van der Waals surface area (Å²) < 4.78 is 12.6. The molecule has 0 spiro atoms. The zero-order valence-corrected chi connectivity index (χ0v) is 19.4. The first-order valence-corrected chi connectivity index (χ1v) is 11.6. The van der Waals surface area contributed by atoms with Gasteiger partial charge in [-0.2, -0.15) is 0 Å². The molecule has 3 amide bonds. The number of aromatic nitrogens is 1. The standard InChI is InChI=1S/C24H18N4O7S/c29-22(25-15-6-7-19-20(11-15)35-10-9-34-19)14-27-23(30)21(36-24(27)31)13-17-5-2-8-26(17)16-3-1-4-18(12-16)28(32)33/h1-8,11-13H,9-10,14H2,(H,25,29)/b21-13-. The Morgan fingerprint density at radius 2 is 1.89 bits per heavy atom. The van der Waals surface area contributed by atoms with E-state index in [9.17, 15) is 24.5 Å². The molecule has 0 atom stereocenters.